The molecule has 0 amide bonds. The van der Waals surface area contributed by atoms with Gasteiger partial charge in [0, 0.05) is 5.56 Å². The molecule has 4 rings (SSSR count). The molecule has 1 aliphatic carbocycles. The lowest BCUT2D eigenvalue weighted by molar-refractivity contribution is 0.0359. The first-order chi connectivity index (χ1) is 11.3. The fourth-order valence-electron chi connectivity index (χ4n) is 3.12. The Labute approximate surface area is 134 Å². The molecule has 1 heterocycles. The Morgan fingerprint density at radius 2 is 1.91 bits per heavy atom. The number of para-hydroxylation sites is 2. The number of aliphatic hydroxyl groups excluding tert-OH is 1. The summed E-state index contributed by atoms with van der Waals surface area (Å²) < 4.78 is 11.8. The van der Waals surface area contributed by atoms with Crippen LogP contribution in [0, 0.1) is 0 Å². The Hall–Kier alpha value is -2.17. The maximum Gasteiger partial charge on any atom is 0.227 e. The summed E-state index contributed by atoms with van der Waals surface area (Å²) in [6.07, 6.45) is 2.41. The lowest BCUT2D eigenvalue weighted by atomic mass is 10.1. The normalized spacial score (nSPS) is 21.1. The van der Waals surface area contributed by atoms with E-state index < -0.39 is 0 Å². The van der Waals surface area contributed by atoms with Crippen molar-refractivity contribution in [2.45, 2.75) is 38.1 Å². The zero-order valence-electron chi connectivity index (χ0n) is 12.8. The van der Waals surface area contributed by atoms with Crippen LogP contribution in [0.3, 0.4) is 0 Å². The summed E-state index contributed by atoms with van der Waals surface area (Å²) in [6, 6.07) is 15.8. The predicted molar refractivity (Wildman–Crippen MR) is 87.9 cm³/mol. The number of hydrogen-bond donors (Lipinski definition) is 1. The van der Waals surface area contributed by atoms with Crippen molar-refractivity contribution < 1.29 is 14.3 Å². The van der Waals surface area contributed by atoms with E-state index in [-0.39, 0.29) is 12.2 Å². The number of aliphatic hydroxyl groups is 1. The molecule has 1 aromatic heterocycles. The van der Waals surface area contributed by atoms with Gasteiger partial charge >= 0.3 is 0 Å². The van der Waals surface area contributed by atoms with E-state index >= 15 is 0 Å². The molecule has 0 spiro atoms. The summed E-state index contributed by atoms with van der Waals surface area (Å²) >= 11 is 0. The molecule has 2 atom stereocenters. The number of ether oxygens (including phenoxy) is 1. The van der Waals surface area contributed by atoms with Gasteiger partial charge in [-0.3, -0.25) is 0 Å². The van der Waals surface area contributed by atoms with Crippen molar-refractivity contribution in [1.29, 1.82) is 0 Å². The van der Waals surface area contributed by atoms with E-state index in [0.717, 1.165) is 41.5 Å². The average Bonchev–Trinajstić information content (AvgIpc) is 3.19. The molecule has 0 radical (unpaired) electrons. The van der Waals surface area contributed by atoms with E-state index in [1.54, 1.807) is 0 Å². The van der Waals surface area contributed by atoms with Crippen LogP contribution in [0.4, 0.5) is 0 Å². The molecule has 4 nitrogen and oxygen atoms in total. The Kier molecular flexibility index (Phi) is 3.85. The molecule has 23 heavy (non-hydrogen) atoms. The molecule has 1 fully saturated rings. The molecule has 118 valence electrons. The summed E-state index contributed by atoms with van der Waals surface area (Å²) in [7, 11) is 0. The number of benzene rings is 2. The van der Waals surface area contributed by atoms with Crippen molar-refractivity contribution in [3.8, 4) is 11.5 Å². The number of hydrogen-bond acceptors (Lipinski definition) is 4. The molecular weight excluding hydrogens is 290 g/mol. The topological polar surface area (TPSA) is 55.5 Å². The summed E-state index contributed by atoms with van der Waals surface area (Å²) in [5.74, 6) is 0.622. The van der Waals surface area contributed by atoms with E-state index in [2.05, 4.69) is 4.98 Å². The van der Waals surface area contributed by atoms with Crippen LogP contribution in [-0.4, -0.2) is 22.3 Å². The van der Waals surface area contributed by atoms with Crippen molar-refractivity contribution >= 4 is 11.1 Å². The smallest absolute Gasteiger partial charge is 0.227 e. The highest BCUT2D eigenvalue weighted by atomic mass is 16.5. The van der Waals surface area contributed by atoms with Crippen molar-refractivity contribution in [2.75, 3.05) is 0 Å². The minimum atomic E-state index is -0.215. The van der Waals surface area contributed by atoms with Crippen LogP contribution in [0.1, 0.15) is 24.8 Å². The molecular formula is C19H19NO3. The predicted octanol–water partition coefficient (Wildman–Crippen LogP) is 3.92. The van der Waals surface area contributed by atoms with Crippen LogP contribution in [0.25, 0.3) is 22.6 Å². The van der Waals surface area contributed by atoms with Gasteiger partial charge < -0.3 is 14.3 Å². The van der Waals surface area contributed by atoms with Gasteiger partial charge in [-0.25, -0.2) is 4.98 Å². The molecule has 1 N–H and O–H groups in total. The number of aromatic nitrogens is 1. The van der Waals surface area contributed by atoms with E-state index in [0.29, 0.717) is 12.5 Å². The molecule has 1 saturated carbocycles. The van der Waals surface area contributed by atoms with Crippen molar-refractivity contribution in [1.82, 2.24) is 4.98 Å². The Morgan fingerprint density at radius 3 is 2.74 bits per heavy atom. The molecule has 4 heteroatoms. The summed E-state index contributed by atoms with van der Waals surface area (Å²) in [4.78, 5) is 4.57. The van der Waals surface area contributed by atoms with Gasteiger partial charge in [0.1, 0.15) is 5.52 Å². The first kappa shape index (κ1) is 14.4. The zero-order chi connectivity index (χ0) is 15.6. The van der Waals surface area contributed by atoms with Gasteiger partial charge in [0.2, 0.25) is 5.89 Å². The largest absolute Gasteiger partial charge is 0.436 e. The monoisotopic (exact) mass is 309 g/mol. The van der Waals surface area contributed by atoms with Gasteiger partial charge in [-0.1, -0.05) is 30.3 Å². The van der Waals surface area contributed by atoms with Crippen LogP contribution in [0.5, 0.6) is 0 Å². The SMILES string of the molecule is O[C@H]1CC[C@@H](OCc2ccccc2-c2nc3ccccc3o2)C1. The minimum absolute atomic E-state index is 0.140. The zero-order valence-corrected chi connectivity index (χ0v) is 12.8. The van der Waals surface area contributed by atoms with Gasteiger partial charge in [0.25, 0.3) is 0 Å². The molecule has 3 aromatic rings. The third-order valence-corrected chi connectivity index (χ3v) is 4.37. The maximum absolute atomic E-state index is 9.61. The van der Waals surface area contributed by atoms with Crippen LogP contribution in [0.2, 0.25) is 0 Å². The maximum atomic E-state index is 9.61. The average molecular weight is 309 g/mol. The second-order valence-electron chi connectivity index (χ2n) is 6.04. The first-order valence-electron chi connectivity index (χ1n) is 8.03. The standard InChI is InChI=1S/C19H19NO3/c21-14-9-10-15(11-14)22-12-13-5-1-2-6-16(13)19-20-17-7-3-4-8-18(17)23-19/h1-8,14-15,21H,9-12H2/t14-,15+/m0/s1. The fraction of sp³-hybridized carbons (Fsp3) is 0.316. The summed E-state index contributed by atoms with van der Waals surface area (Å²) in [5.41, 5.74) is 3.66. The van der Waals surface area contributed by atoms with Gasteiger partial charge in [-0.2, -0.15) is 0 Å². The highest BCUT2D eigenvalue weighted by Crippen LogP contribution is 2.29. The Morgan fingerprint density at radius 1 is 1.09 bits per heavy atom. The number of rotatable bonds is 4. The molecule has 0 bridgehead atoms. The molecule has 1 aliphatic rings. The lowest BCUT2D eigenvalue weighted by Crippen LogP contribution is -2.10. The molecule has 2 aromatic carbocycles. The quantitative estimate of drug-likeness (QED) is 0.793. The Balaban J connectivity index is 1.59. The molecule has 0 saturated heterocycles. The van der Waals surface area contributed by atoms with E-state index in [4.69, 9.17) is 9.15 Å². The second-order valence-corrected chi connectivity index (χ2v) is 6.04. The summed E-state index contributed by atoms with van der Waals surface area (Å²) in [5, 5.41) is 9.61. The van der Waals surface area contributed by atoms with Gasteiger partial charge in [-0.15, -0.1) is 0 Å². The molecule has 0 aliphatic heterocycles. The van der Waals surface area contributed by atoms with E-state index in [1.165, 1.54) is 0 Å². The second kappa shape index (κ2) is 6.14. The highest BCUT2D eigenvalue weighted by molar-refractivity contribution is 5.76. The first-order valence-corrected chi connectivity index (χ1v) is 8.03. The van der Waals surface area contributed by atoms with Crippen molar-refractivity contribution in [3.05, 3.63) is 54.1 Å². The van der Waals surface area contributed by atoms with Crippen molar-refractivity contribution in [2.24, 2.45) is 0 Å². The van der Waals surface area contributed by atoms with E-state index in [9.17, 15) is 5.11 Å². The van der Waals surface area contributed by atoms with Gasteiger partial charge in [0.15, 0.2) is 5.58 Å². The third kappa shape index (κ3) is 3.00. The van der Waals surface area contributed by atoms with Crippen LogP contribution < -0.4 is 0 Å². The van der Waals surface area contributed by atoms with Gasteiger partial charge in [0.05, 0.1) is 18.8 Å². The molecule has 0 unspecified atom stereocenters. The van der Waals surface area contributed by atoms with E-state index in [1.807, 2.05) is 48.5 Å². The lowest BCUT2D eigenvalue weighted by Gasteiger charge is -2.13. The highest BCUT2D eigenvalue weighted by Gasteiger charge is 2.23. The number of nitrogens with zero attached hydrogens (tertiary/aromatic N) is 1. The fourth-order valence-corrected chi connectivity index (χ4v) is 3.12. The minimum Gasteiger partial charge on any atom is -0.436 e. The van der Waals surface area contributed by atoms with Crippen LogP contribution >= 0.6 is 0 Å². The Bertz CT molecular complexity index is 778. The van der Waals surface area contributed by atoms with Crippen LogP contribution in [0.15, 0.2) is 52.9 Å². The van der Waals surface area contributed by atoms with Gasteiger partial charge in [-0.05, 0) is 43.0 Å². The van der Waals surface area contributed by atoms with Crippen LogP contribution in [-0.2, 0) is 11.3 Å². The number of oxazole rings is 1. The third-order valence-electron chi connectivity index (χ3n) is 4.37. The van der Waals surface area contributed by atoms with Crippen molar-refractivity contribution in [3.63, 3.8) is 0 Å². The summed E-state index contributed by atoms with van der Waals surface area (Å²) in [6.45, 7) is 0.506. The number of fused-ring (bicyclic) bond motifs is 1.